The molecule has 0 bridgehead atoms. The summed E-state index contributed by atoms with van der Waals surface area (Å²) in [6.07, 6.45) is 6.41. The number of nitrogens with zero attached hydrogens (tertiary/aromatic N) is 3. The van der Waals surface area contributed by atoms with E-state index >= 15 is 0 Å². The number of imidazole rings is 1. The molecule has 18 heavy (non-hydrogen) atoms. The van der Waals surface area contributed by atoms with Crippen LogP contribution in [0.1, 0.15) is 31.5 Å². The predicted octanol–water partition coefficient (Wildman–Crippen LogP) is 2.44. The smallest absolute Gasteiger partial charge is 0.203 e. The molecule has 0 spiro atoms. The third kappa shape index (κ3) is 2.75. The molecule has 0 saturated carbocycles. The average Bonchev–Trinajstić information content (AvgIpc) is 2.71. The van der Waals surface area contributed by atoms with Crippen LogP contribution in [0.4, 0.5) is 5.95 Å². The number of hydrogen-bond donors (Lipinski definition) is 1. The molecule has 2 unspecified atom stereocenters. The highest BCUT2D eigenvalue weighted by atomic mass is 15.2. The topological polar surface area (TPSA) is 33.1 Å². The number of anilines is 1. The summed E-state index contributed by atoms with van der Waals surface area (Å²) in [6.45, 7) is 10.0. The standard InChI is InChI=1S/C14H24N4/c1-5-7-15-14-16-11(2)10-18(14)13-6-8-17(4)12(3)9-13/h5,10,12-13H,1,6-9H2,2-4H3,(H,15,16). The van der Waals surface area contributed by atoms with Crippen molar-refractivity contribution in [1.29, 1.82) is 0 Å². The summed E-state index contributed by atoms with van der Waals surface area (Å²) in [5.74, 6) is 0.981. The fourth-order valence-electron chi connectivity index (χ4n) is 2.61. The molecule has 4 nitrogen and oxygen atoms in total. The molecule has 1 aliphatic heterocycles. The van der Waals surface area contributed by atoms with Gasteiger partial charge in [0.25, 0.3) is 0 Å². The molecule has 2 rings (SSSR count). The molecule has 0 aliphatic carbocycles. The number of piperidine rings is 1. The summed E-state index contributed by atoms with van der Waals surface area (Å²) in [4.78, 5) is 6.99. The zero-order valence-corrected chi connectivity index (χ0v) is 11.7. The van der Waals surface area contributed by atoms with E-state index in [2.05, 4.69) is 46.5 Å². The highest BCUT2D eigenvalue weighted by Gasteiger charge is 2.25. The van der Waals surface area contributed by atoms with E-state index in [-0.39, 0.29) is 0 Å². The van der Waals surface area contributed by atoms with Gasteiger partial charge in [-0.2, -0.15) is 0 Å². The third-order valence-electron chi connectivity index (χ3n) is 3.83. The molecule has 4 heteroatoms. The molecule has 1 fully saturated rings. The maximum atomic E-state index is 4.56. The largest absolute Gasteiger partial charge is 0.352 e. The number of aryl methyl sites for hydroxylation is 1. The van der Waals surface area contributed by atoms with Gasteiger partial charge in [-0.15, -0.1) is 6.58 Å². The zero-order chi connectivity index (χ0) is 13.1. The maximum absolute atomic E-state index is 4.56. The fraction of sp³-hybridized carbons (Fsp3) is 0.643. The van der Waals surface area contributed by atoms with Gasteiger partial charge in [0.2, 0.25) is 5.95 Å². The van der Waals surface area contributed by atoms with Gasteiger partial charge in [0.15, 0.2) is 0 Å². The zero-order valence-electron chi connectivity index (χ0n) is 11.7. The Balaban J connectivity index is 2.14. The van der Waals surface area contributed by atoms with Gasteiger partial charge in [-0.1, -0.05) is 6.08 Å². The third-order valence-corrected chi connectivity index (χ3v) is 3.83. The van der Waals surface area contributed by atoms with E-state index in [4.69, 9.17) is 0 Å². The summed E-state index contributed by atoms with van der Waals surface area (Å²) in [6, 6.07) is 1.20. The molecule has 0 radical (unpaired) electrons. The second kappa shape index (κ2) is 5.57. The molecule has 0 aromatic carbocycles. The average molecular weight is 248 g/mol. The Morgan fingerprint density at radius 2 is 2.39 bits per heavy atom. The van der Waals surface area contributed by atoms with Gasteiger partial charge in [-0.3, -0.25) is 0 Å². The lowest BCUT2D eigenvalue weighted by atomic mass is 9.99. The van der Waals surface area contributed by atoms with Crippen LogP contribution in [-0.4, -0.2) is 40.6 Å². The van der Waals surface area contributed by atoms with E-state index < -0.39 is 0 Å². The summed E-state index contributed by atoms with van der Waals surface area (Å²) in [7, 11) is 2.21. The van der Waals surface area contributed by atoms with Gasteiger partial charge in [0.1, 0.15) is 0 Å². The Hall–Kier alpha value is -1.29. The van der Waals surface area contributed by atoms with Crippen LogP contribution in [0.25, 0.3) is 0 Å². The lowest BCUT2D eigenvalue weighted by molar-refractivity contribution is 0.157. The van der Waals surface area contributed by atoms with Crippen LogP contribution in [0.15, 0.2) is 18.9 Å². The van der Waals surface area contributed by atoms with E-state index in [0.29, 0.717) is 12.1 Å². The highest BCUT2D eigenvalue weighted by molar-refractivity contribution is 5.30. The van der Waals surface area contributed by atoms with E-state index in [1.54, 1.807) is 0 Å². The first-order valence-corrected chi connectivity index (χ1v) is 6.72. The molecule has 100 valence electrons. The van der Waals surface area contributed by atoms with Crippen LogP contribution in [0, 0.1) is 6.92 Å². The SMILES string of the molecule is C=CCNc1nc(C)cn1C1CCN(C)C(C)C1. The number of nitrogens with one attached hydrogen (secondary N) is 1. The molecule has 1 aromatic rings. The van der Waals surface area contributed by atoms with Crippen molar-refractivity contribution >= 4 is 5.95 Å². The molecular weight excluding hydrogens is 224 g/mol. The number of aromatic nitrogens is 2. The van der Waals surface area contributed by atoms with Crippen LogP contribution < -0.4 is 5.32 Å². The highest BCUT2D eigenvalue weighted by Crippen LogP contribution is 2.29. The molecule has 1 saturated heterocycles. The van der Waals surface area contributed by atoms with Gasteiger partial charge in [-0.05, 0) is 33.7 Å². The second-order valence-corrected chi connectivity index (χ2v) is 5.29. The Bertz CT molecular complexity index is 410. The lowest BCUT2D eigenvalue weighted by Gasteiger charge is -2.36. The molecular formula is C14H24N4. The van der Waals surface area contributed by atoms with Crippen molar-refractivity contribution in [1.82, 2.24) is 14.5 Å². The van der Waals surface area contributed by atoms with Crippen molar-refractivity contribution in [3.05, 3.63) is 24.5 Å². The van der Waals surface area contributed by atoms with Crippen molar-refractivity contribution in [2.24, 2.45) is 0 Å². The van der Waals surface area contributed by atoms with Crippen molar-refractivity contribution in [2.75, 3.05) is 25.5 Å². The first-order valence-electron chi connectivity index (χ1n) is 6.72. The Morgan fingerprint density at radius 1 is 1.61 bits per heavy atom. The second-order valence-electron chi connectivity index (χ2n) is 5.29. The van der Waals surface area contributed by atoms with Gasteiger partial charge in [0.05, 0.1) is 5.69 Å². The molecule has 0 amide bonds. The molecule has 1 aromatic heterocycles. The van der Waals surface area contributed by atoms with Crippen molar-refractivity contribution in [3.63, 3.8) is 0 Å². The maximum Gasteiger partial charge on any atom is 0.203 e. The normalized spacial score (nSPS) is 25.1. The van der Waals surface area contributed by atoms with E-state index in [1.807, 2.05) is 13.0 Å². The lowest BCUT2D eigenvalue weighted by Crippen LogP contribution is -2.38. The van der Waals surface area contributed by atoms with Crippen LogP contribution in [0.3, 0.4) is 0 Å². The van der Waals surface area contributed by atoms with Crippen LogP contribution in [0.5, 0.6) is 0 Å². The van der Waals surface area contributed by atoms with E-state index in [9.17, 15) is 0 Å². The Labute approximate surface area is 110 Å². The predicted molar refractivity (Wildman–Crippen MR) is 76.0 cm³/mol. The van der Waals surface area contributed by atoms with E-state index in [0.717, 1.165) is 24.7 Å². The van der Waals surface area contributed by atoms with Gasteiger partial charge < -0.3 is 14.8 Å². The monoisotopic (exact) mass is 248 g/mol. The van der Waals surface area contributed by atoms with Crippen molar-refractivity contribution < 1.29 is 0 Å². The summed E-state index contributed by atoms with van der Waals surface area (Å²) >= 11 is 0. The minimum absolute atomic E-state index is 0.560. The van der Waals surface area contributed by atoms with Crippen LogP contribution in [-0.2, 0) is 0 Å². The fourth-order valence-corrected chi connectivity index (χ4v) is 2.61. The Morgan fingerprint density at radius 3 is 3.06 bits per heavy atom. The molecule has 1 aliphatic rings. The van der Waals surface area contributed by atoms with Crippen molar-refractivity contribution in [3.8, 4) is 0 Å². The van der Waals surface area contributed by atoms with Gasteiger partial charge in [0, 0.05) is 31.4 Å². The summed E-state index contributed by atoms with van der Waals surface area (Å²) < 4.78 is 2.31. The summed E-state index contributed by atoms with van der Waals surface area (Å²) in [5.41, 5.74) is 1.08. The number of hydrogen-bond acceptors (Lipinski definition) is 3. The number of likely N-dealkylation sites (tertiary alicyclic amines) is 1. The van der Waals surface area contributed by atoms with Crippen LogP contribution in [0.2, 0.25) is 0 Å². The van der Waals surface area contributed by atoms with Crippen LogP contribution >= 0.6 is 0 Å². The van der Waals surface area contributed by atoms with Crippen molar-refractivity contribution in [2.45, 2.75) is 38.8 Å². The molecule has 2 heterocycles. The Kier molecular flexibility index (Phi) is 4.07. The molecule has 1 N–H and O–H groups in total. The quantitative estimate of drug-likeness (QED) is 0.831. The first-order chi connectivity index (χ1) is 8.61. The first kappa shape index (κ1) is 13.1. The molecule has 2 atom stereocenters. The van der Waals surface area contributed by atoms with Gasteiger partial charge >= 0.3 is 0 Å². The number of rotatable bonds is 4. The minimum Gasteiger partial charge on any atom is -0.352 e. The minimum atomic E-state index is 0.560. The summed E-state index contributed by atoms with van der Waals surface area (Å²) in [5, 5.41) is 3.33. The van der Waals surface area contributed by atoms with E-state index in [1.165, 1.54) is 12.8 Å². The van der Waals surface area contributed by atoms with Gasteiger partial charge in [-0.25, -0.2) is 4.98 Å².